The van der Waals surface area contributed by atoms with Gasteiger partial charge in [0.15, 0.2) is 5.82 Å². The van der Waals surface area contributed by atoms with Gasteiger partial charge in [0.2, 0.25) is 5.91 Å². The topological polar surface area (TPSA) is 75.4 Å². The number of rotatable bonds is 4. The number of nitrogens with two attached hydrogens (primary N) is 1. The van der Waals surface area contributed by atoms with Crippen molar-refractivity contribution in [2.24, 2.45) is 5.73 Å². The van der Waals surface area contributed by atoms with Crippen molar-refractivity contribution in [2.45, 2.75) is 38.3 Å². The molecule has 2 atom stereocenters. The van der Waals surface area contributed by atoms with Crippen LogP contribution in [0.4, 0.5) is 5.82 Å². The molecular formula is C14H25Cl2N5O. The maximum atomic E-state index is 12.1. The molecular weight excluding hydrogens is 325 g/mol. The molecule has 1 fully saturated rings. The van der Waals surface area contributed by atoms with Gasteiger partial charge in [0.25, 0.3) is 0 Å². The molecule has 1 saturated heterocycles. The summed E-state index contributed by atoms with van der Waals surface area (Å²) in [6, 6.07) is 3.97. The van der Waals surface area contributed by atoms with Crippen LogP contribution >= 0.6 is 24.8 Å². The monoisotopic (exact) mass is 349 g/mol. The molecule has 0 aromatic carbocycles. The highest BCUT2D eigenvalue weighted by Gasteiger charge is 2.26. The Balaban J connectivity index is 0.00000220. The Morgan fingerprint density at radius 3 is 2.86 bits per heavy atom. The van der Waals surface area contributed by atoms with Gasteiger partial charge >= 0.3 is 0 Å². The molecule has 1 amide bonds. The highest BCUT2D eigenvalue weighted by molar-refractivity contribution is 5.85. The zero-order chi connectivity index (χ0) is 14.5. The second-order valence-corrected chi connectivity index (χ2v) is 5.51. The van der Waals surface area contributed by atoms with Crippen LogP contribution in [0.3, 0.4) is 0 Å². The van der Waals surface area contributed by atoms with Crippen molar-refractivity contribution in [2.75, 3.05) is 25.0 Å². The van der Waals surface area contributed by atoms with Crippen LogP contribution in [0.25, 0.3) is 0 Å². The average molecular weight is 350 g/mol. The van der Waals surface area contributed by atoms with E-state index >= 15 is 0 Å². The molecule has 0 radical (unpaired) electrons. The lowest BCUT2D eigenvalue weighted by molar-refractivity contribution is -0.132. The smallest absolute Gasteiger partial charge is 0.224 e. The Morgan fingerprint density at radius 1 is 1.55 bits per heavy atom. The minimum Gasteiger partial charge on any atom is -0.353 e. The van der Waals surface area contributed by atoms with Gasteiger partial charge in [-0.15, -0.1) is 29.9 Å². The predicted molar refractivity (Wildman–Crippen MR) is 92.8 cm³/mol. The molecule has 8 heteroatoms. The third kappa shape index (κ3) is 5.59. The first kappa shape index (κ1) is 20.9. The van der Waals surface area contributed by atoms with Gasteiger partial charge in [-0.2, -0.15) is 5.10 Å². The largest absolute Gasteiger partial charge is 0.353 e. The fraction of sp³-hybridized carbons (Fsp3) is 0.643. The Kier molecular flexibility index (Phi) is 9.32. The average Bonchev–Trinajstić information content (AvgIpc) is 2.47. The Bertz CT molecular complexity index is 446. The van der Waals surface area contributed by atoms with Crippen LogP contribution in [-0.2, 0) is 4.79 Å². The number of likely N-dealkylation sites (N-methyl/N-ethyl adjacent to an activating group) is 1. The van der Waals surface area contributed by atoms with Gasteiger partial charge in [-0.3, -0.25) is 4.79 Å². The summed E-state index contributed by atoms with van der Waals surface area (Å²) in [7, 11) is 1.87. The molecule has 0 bridgehead atoms. The SMILES string of the molecule is CC(N)CC(=O)N(C)C1CCCN(c2cccnn2)C1.Cl.Cl. The molecule has 2 rings (SSSR count). The van der Waals surface area contributed by atoms with E-state index in [1.165, 1.54) is 0 Å². The summed E-state index contributed by atoms with van der Waals surface area (Å²) in [6.45, 7) is 3.63. The van der Waals surface area contributed by atoms with Crippen LogP contribution in [-0.4, -0.2) is 53.2 Å². The molecule has 2 unspecified atom stereocenters. The number of carbonyl (C=O) groups excluding carboxylic acids is 1. The van der Waals surface area contributed by atoms with Crippen molar-refractivity contribution in [1.82, 2.24) is 15.1 Å². The summed E-state index contributed by atoms with van der Waals surface area (Å²) < 4.78 is 0. The van der Waals surface area contributed by atoms with Crippen LogP contribution in [0, 0.1) is 0 Å². The van der Waals surface area contributed by atoms with Crippen LogP contribution in [0.5, 0.6) is 0 Å². The highest BCUT2D eigenvalue weighted by Crippen LogP contribution is 2.20. The Hall–Kier alpha value is -1.11. The number of amides is 1. The van der Waals surface area contributed by atoms with E-state index in [0.29, 0.717) is 6.42 Å². The van der Waals surface area contributed by atoms with Crippen molar-refractivity contribution in [1.29, 1.82) is 0 Å². The Labute approximate surface area is 144 Å². The lowest BCUT2D eigenvalue weighted by Crippen LogP contribution is -2.49. The lowest BCUT2D eigenvalue weighted by atomic mass is 10.0. The number of halogens is 2. The van der Waals surface area contributed by atoms with E-state index in [-0.39, 0.29) is 42.8 Å². The molecule has 6 nitrogen and oxygen atoms in total. The van der Waals surface area contributed by atoms with Gasteiger partial charge < -0.3 is 15.5 Å². The van der Waals surface area contributed by atoms with E-state index in [4.69, 9.17) is 5.73 Å². The maximum Gasteiger partial charge on any atom is 0.224 e. The molecule has 1 aliphatic heterocycles. The molecule has 0 spiro atoms. The second-order valence-electron chi connectivity index (χ2n) is 5.51. The number of carbonyl (C=O) groups is 1. The molecule has 2 N–H and O–H groups in total. The van der Waals surface area contributed by atoms with Gasteiger partial charge in [0.1, 0.15) is 0 Å². The number of piperidine rings is 1. The molecule has 2 heterocycles. The zero-order valence-corrected chi connectivity index (χ0v) is 14.6. The molecule has 1 aromatic heterocycles. The summed E-state index contributed by atoms with van der Waals surface area (Å²) in [5, 5.41) is 8.06. The summed E-state index contributed by atoms with van der Waals surface area (Å²) in [5.74, 6) is 0.997. The second kappa shape index (κ2) is 9.82. The molecule has 0 saturated carbocycles. The summed E-state index contributed by atoms with van der Waals surface area (Å²) >= 11 is 0. The van der Waals surface area contributed by atoms with Gasteiger partial charge in [0.05, 0.1) is 0 Å². The number of nitrogens with zero attached hydrogens (tertiary/aromatic N) is 4. The van der Waals surface area contributed by atoms with E-state index in [1.807, 2.05) is 31.0 Å². The number of aromatic nitrogens is 2. The molecule has 126 valence electrons. The highest BCUT2D eigenvalue weighted by atomic mass is 35.5. The minimum absolute atomic E-state index is 0. The van der Waals surface area contributed by atoms with Crippen molar-refractivity contribution < 1.29 is 4.79 Å². The summed E-state index contributed by atoms with van der Waals surface area (Å²) in [5.41, 5.74) is 5.70. The quantitative estimate of drug-likeness (QED) is 0.890. The normalized spacial score (nSPS) is 18.7. The van der Waals surface area contributed by atoms with Crippen LogP contribution in [0.15, 0.2) is 18.3 Å². The number of hydrogen-bond donors (Lipinski definition) is 1. The summed E-state index contributed by atoms with van der Waals surface area (Å²) in [4.78, 5) is 16.1. The van der Waals surface area contributed by atoms with E-state index in [0.717, 1.165) is 31.7 Å². The van der Waals surface area contributed by atoms with E-state index in [1.54, 1.807) is 6.20 Å². The lowest BCUT2D eigenvalue weighted by Gasteiger charge is -2.38. The zero-order valence-electron chi connectivity index (χ0n) is 13.0. The standard InChI is InChI=1S/C14H23N5O.2ClH/c1-11(15)9-14(20)18(2)12-5-4-8-19(10-12)13-6-3-7-16-17-13;;/h3,6-7,11-12H,4-5,8-10,15H2,1-2H3;2*1H. The number of anilines is 1. The van der Waals surface area contributed by atoms with Gasteiger partial charge in [-0.05, 0) is 31.9 Å². The van der Waals surface area contributed by atoms with Crippen molar-refractivity contribution in [3.05, 3.63) is 18.3 Å². The third-order valence-electron chi connectivity index (χ3n) is 3.72. The van der Waals surface area contributed by atoms with E-state index < -0.39 is 0 Å². The fourth-order valence-corrected chi connectivity index (χ4v) is 2.56. The minimum atomic E-state index is -0.0929. The molecule has 1 aliphatic rings. The van der Waals surface area contributed by atoms with Crippen LogP contribution in [0.1, 0.15) is 26.2 Å². The van der Waals surface area contributed by atoms with Gasteiger partial charge in [-0.25, -0.2) is 0 Å². The fourth-order valence-electron chi connectivity index (χ4n) is 2.56. The molecule has 0 aliphatic carbocycles. The first-order valence-corrected chi connectivity index (χ1v) is 7.12. The number of hydrogen-bond acceptors (Lipinski definition) is 5. The van der Waals surface area contributed by atoms with Crippen LogP contribution < -0.4 is 10.6 Å². The van der Waals surface area contributed by atoms with Crippen molar-refractivity contribution >= 4 is 36.5 Å². The van der Waals surface area contributed by atoms with Crippen LogP contribution in [0.2, 0.25) is 0 Å². The molecule has 22 heavy (non-hydrogen) atoms. The van der Waals surface area contributed by atoms with E-state index in [9.17, 15) is 4.79 Å². The predicted octanol–water partition coefficient (Wildman–Crippen LogP) is 1.48. The van der Waals surface area contributed by atoms with Gasteiger partial charge in [-0.1, -0.05) is 0 Å². The molecule has 1 aromatic rings. The summed E-state index contributed by atoms with van der Waals surface area (Å²) in [6.07, 6.45) is 4.15. The maximum absolute atomic E-state index is 12.1. The van der Waals surface area contributed by atoms with Crippen molar-refractivity contribution in [3.63, 3.8) is 0 Å². The third-order valence-corrected chi connectivity index (χ3v) is 3.72. The first-order chi connectivity index (χ1) is 9.58. The van der Waals surface area contributed by atoms with Gasteiger partial charge in [0, 0.05) is 44.8 Å². The first-order valence-electron chi connectivity index (χ1n) is 7.12. The van der Waals surface area contributed by atoms with Crippen molar-refractivity contribution in [3.8, 4) is 0 Å². The Morgan fingerprint density at radius 2 is 2.27 bits per heavy atom. The van der Waals surface area contributed by atoms with E-state index in [2.05, 4.69) is 15.1 Å².